The molecule has 144 valence electrons. The number of anilines is 1. The van der Waals surface area contributed by atoms with Crippen molar-refractivity contribution < 1.29 is 9.59 Å². The van der Waals surface area contributed by atoms with Gasteiger partial charge in [-0.1, -0.05) is 59.1 Å². The summed E-state index contributed by atoms with van der Waals surface area (Å²) >= 11 is 18.2. The molecule has 8 heteroatoms. The monoisotopic (exact) mass is 427 g/mol. The molecule has 0 unspecified atom stereocenters. The van der Waals surface area contributed by atoms with E-state index in [2.05, 4.69) is 5.32 Å². The van der Waals surface area contributed by atoms with Gasteiger partial charge in [0.05, 0.1) is 33.8 Å². The van der Waals surface area contributed by atoms with Gasteiger partial charge in [0.2, 0.25) is 11.8 Å². The van der Waals surface area contributed by atoms with Gasteiger partial charge in [0, 0.05) is 13.6 Å². The molecule has 0 fully saturated rings. The number of hydrogen-bond acceptors (Lipinski definition) is 3. The highest BCUT2D eigenvalue weighted by Gasteiger charge is 2.16. The third kappa shape index (κ3) is 6.40. The average Bonchev–Trinajstić information content (AvgIpc) is 2.60. The third-order valence-corrected chi connectivity index (χ3v) is 5.02. The third-order valence-electron chi connectivity index (χ3n) is 3.83. The highest BCUT2D eigenvalue weighted by Crippen LogP contribution is 2.26. The molecule has 0 aliphatic heterocycles. The topological polar surface area (TPSA) is 52.7 Å². The van der Waals surface area contributed by atoms with E-state index in [0.29, 0.717) is 27.3 Å². The molecule has 5 nitrogen and oxygen atoms in total. The standard InChI is InChI=1S/C19H20Cl3N3O2/c1-24(10-13-6-5-8-15(21)19(13)22)12-18(27)25(2)11-17(26)23-16-9-4-3-7-14(16)20/h3-9H,10-12H2,1-2H3,(H,23,26). The summed E-state index contributed by atoms with van der Waals surface area (Å²) in [7, 11) is 3.38. The van der Waals surface area contributed by atoms with Gasteiger partial charge in [-0.3, -0.25) is 14.5 Å². The molecule has 0 heterocycles. The summed E-state index contributed by atoms with van der Waals surface area (Å²) in [5.74, 6) is -0.510. The van der Waals surface area contributed by atoms with Gasteiger partial charge in [0.1, 0.15) is 0 Å². The van der Waals surface area contributed by atoms with Crippen LogP contribution in [0.25, 0.3) is 0 Å². The highest BCUT2D eigenvalue weighted by molar-refractivity contribution is 6.42. The number of benzene rings is 2. The summed E-state index contributed by atoms with van der Waals surface area (Å²) in [4.78, 5) is 27.7. The molecule has 0 aliphatic carbocycles. The fourth-order valence-electron chi connectivity index (χ4n) is 2.42. The molecular weight excluding hydrogens is 409 g/mol. The molecule has 0 saturated heterocycles. The second kappa shape index (κ2) is 9.95. The van der Waals surface area contributed by atoms with Gasteiger partial charge >= 0.3 is 0 Å². The Bertz CT molecular complexity index is 830. The fourth-order valence-corrected chi connectivity index (χ4v) is 2.99. The van der Waals surface area contributed by atoms with Crippen LogP contribution >= 0.6 is 34.8 Å². The maximum absolute atomic E-state index is 12.4. The van der Waals surface area contributed by atoms with Crippen LogP contribution in [0.3, 0.4) is 0 Å². The van der Waals surface area contributed by atoms with Crippen LogP contribution in [0.15, 0.2) is 42.5 Å². The molecule has 2 rings (SSSR count). The number of para-hydroxylation sites is 1. The van der Waals surface area contributed by atoms with E-state index in [1.165, 1.54) is 4.90 Å². The van der Waals surface area contributed by atoms with Crippen LogP contribution in [0, 0.1) is 0 Å². The van der Waals surface area contributed by atoms with Crippen molar-refractivity contribution in [2.24, 2.45) is 0 Å². The Balaban J connectivity index is 1.86. The van der Waals surface area contributed by atoms with Crippen molar-refractivity contribution in [1.29, 1.82) is 0 Å². The summed E-state index contributed by atoms with van der Waals surface area (Å²) < 4.78 is 0. The largest absolute Gasteiger partial charge is 0.335 e. The van der Waals surface area contributed by atoms with Crippen LogP contribution in [0.4, 0.5) is 5.69 Å². The Hall–Kier alpha value is -1.79. The zero-order chi connectivity index (χ0) is 20.0. The number of carbonyl (C=O) groups is 2. The van der Waals surface area contributed by atoms with Gasteiger partial charge in [-0.25, -0.2) is 0 Å². The van der Waals surface area contributed by atoms with Crippen LogP contribution in [-0.4, -0.2) is 48.8 Å². The zero-order valence-corrected chi connectivity index (χ0v) is 17.3. The Morgan fingerprint density at radius 1 is 0.926 bits per heavy atom. The lowest BCUT2D eigenvalue weighted by Crippen LogP contribution is -2.40. The smallest absolute Gasteiger partial charge is 0.244 e. The minimum absolute atomic E-state index is 0.0736. The van der Waals surface area contributed by atoms with E-state index < -0.39 is 0 Å². The van der Waals surface area contributed by atoms with E-state index in [9.17, 15) is 9.59 Å². The number of halogens is 3. The Morgan fingerprint density at radius 2 is 1.59 bits per heavy atom. The first-order valence-electron chi connectivity index (χ1n) is 8.17. The molecule has 2 amide bonds. The Morgan fingerprint density at radius 3 is 2.30 bits per heavy atom. The van der Waals surface area contributed by atoms with Crippen molar-refractivity contribution in [3.63, 3.8) is 0 Å². The molecule has 0 atom stereocenters. The van der Waals surface area contributed by atoms with Crippen LogP contribution in [0.1, 0.15) is 5.56 Å². The lowest BCUT2D eigenvalue weighted by Gasteiger charge is -2.22. The molecule has 0 aromatic heterocycles. The molecule has 2 aromatic carbocycles. The van der Waals surface area contributed by atoms with E-state index in [1.54, 1.807) is 44.4 Å². The SMILES string of the molecule is CN(CC(=O)N(C)CC(=O)Nc1ccccc1Cl)Cc1cccc(Cl)c1Cl. The molecule has 0 spiro atoms. The predicted molar refractivity (Wildman–Crippen MR) is 111 cm³/mol. The molecule has 27 heavy (non-hydrogen) atoms. The van der Waals surface area contributed by atoms with E-state index >= 15 is 0 Å². The van der Waals surface area contributed by atoms with Crippen LogP contribution in [-0.2, 0) is 16.1 Å². The van der Waals surface area contributed by atoms with Gasteiger partial charge < -0.3 is 10.2 Å². The first kappa shape index (κ1) is 21.5. The summed E-state index contributed by atoms with van der Waals surface area (Å²) in [5.41, 5.74) is 1.34. The van der Waals surface area contributed by atoms with E-state index in [-0.39, 0.29) is 24.9 Å². The van der Waals surface area contributed by atoms with Gasteiger partial charge in [0.15, 0.2) is 0 Å². The second-order valence-corrected chi connectivity index (χ2v) is 7.36. The molecule has 1 N–H and O–H groups in total. The maximum atomic E-state index is 12.4. The minimum Gasteiger partial charge on any atom is -0.335 e. The number of rotatable bonds is 7. The van der Waals surface area contributed by atoms with Crippen LogP contribution < -0.4 is 5.32 Å². The quantitative estimate of drug-likeness (QED) is 0.720. The first-order valence-corrected chi connectivity index (χ1v) is 9.31. The van der Waals surface area contributed by atoms with Crippen molar-refractivity contribution in [2.45, 2.75) is 6.54 Å². The number of nitrogens with one attached hydrogen (secondary N) is 1. The van der Waals surface area contributed by atoms with E-state index in [4.69, 9.17) is 34.8 Å². The van der Waals surface area contributed by atoms with Crippen molar-refractivity contribution in [3.8, 4) is 0 Å². The Labute approximate surface area is 173 Å². The molecule has 0 saturated carbocycles. The molecule has 0 bridgehead atoms. The normalized spacial score (nSPS) is 10.7. The Kier molecular flexibility index (Phi) is 7.92. The lowest BCUT2D eigenvalue weighted by molar-refractivity contribution is -0.134. The molecule has 0 radical (unpaired) electrons. The minimum atomic E-state index is -0.320. The number of hydrogen-bond donors (Lipinski definition) is 1. The summed E-state index contributed by atoms with van der Waals surface area (Å²) in [6, 6.07) is 12.3. The summed E-state index contributed by atoms with van der Waals surface area (Å²) in [6.07, 6.45) is 0. The van der Waals surface area contributed by atoms with Crippen LogP contribution in [0.5, 0.6) is 0 Å². The highest BCUT2D eigenvalue weighted by atomic mass is 35.5. The van der Waals surface area contributed by atoms with Gasteiger partial charge in [0.25, 0.3) is 0 Å². The second-order valence-electron chi connectivity index (χ2n) is 6.16. The average molecular weight is 429 g/mol. The predicted octanol–water partition coefficient (Wildman–Crippen LogP) is 4.18. The zero-order valence-electron chi connectivity index (χ0n) is 15.0. The summed E-state index contributed by atoms with van der Waals surface area (Å²) in [5, 5.41) is 4.09. The van der Waals surface area contributed by atoms with E-state index in [0.717, 1.165) is 5.56 Å². The maximum Gasteiger partial charge on any atom is 0.244 e. The van der Waals surface area contributed by atoms with Crippen molar-refractivity contribution >= 4 is 52.3 Å². The number of carbonyl (C=O) groups excluding carboxylic acids is 2. The van der Waals surface area contributed by atoms with Crippen molar-refractivity contribution in [2.75, 3.05) is 32.5 Å². The van der Waals surface area contributed by atoms with Gasteiger partial charge in [-0.2, -0.15) is 0 Å². The van der Waals surface area contributed by atoms with Crippen molar-refractivity contribution in [3.05, 3.63) is 63.1 Å². The number of amides is 2. The number of likely N-dealkylation sites (N-methyl/N-ethyl adjacent to an activating group) is 2. The van der Waals surface area contributed by atoms with Gasteiger partial charge in [-0.15, -0.1) is 0 Å². The lowest BCUT2D eigenvalue weighted by atomic mass is 10.2. The molecule has 0 aliphatic rings. The first-order chi connectivity index (χ1) is 12.8. The van der Waals surface area contributed by atoms with Gasteiger partial charge in [-0.05, 0) is 30.8 Å². The van der Waals surface area contributed by atoms with Crippen LogP contribution in [0.2, 0.25) is 15.1 Å². The van der Waals surface area contributed by atoms with E-state index in [1.807, 2.05) is 17.0 Å². The molecular formula is C19H20Cl3N3O2. The van der Waals surface area contributed by atoms with Crippen molar-refractivity contribution in [1.82, 2.24) is 9.80 Å². The number of nitrogens with zero attached hydrogens (tertiary/aromatic N) is 2. The molecule has 2 aromatic rings. The summed E-state index contributed by atoms with van der Waals surface area (Å²) in [6.45, 7) is 0.527. The fraction of sp³-hybridized carbons (Fsp3) is 0.263.